The van der Waals surface area contributed by atoms with Crippen LogP contribution in [0, 0.1) is 0 Å². The quantitative estimate of drug-likeness (QED) is 0.598. The zero-order valence-corrected chi connectivity index (χ0v) is 15.3. The van der Waals surface area contributed by atoms with Crippen molar-refractivity contribution in [3.05, 3.63) is 84.2 Å². The van der Waals surface area contributed by atoms with Crippen LogP contribution in [0.1, 0.15) is 22.8 Å². The molecule has 26 heavy (non-hydrogen) atoms. The Hall–Kier alpha value is -2.79. The van der Waals surface area contributed by atoms with Crippen LogP contribution in [-0.2, 0) is 5.75 Å². The third-order valence-corrected chi connectivity index (χ3v) is 4.76. The maximum atomic E-state index is 12.5. The Kier molecular flexibility index (Phi) is 6.28. The molecule has 0 atom stereocenters. The molecule has 0 saturated carbocycles. The highest BCUT2D eigenvalue weighted by molar-refractivity contribution is 7.98. The number of nitrogens with zero attached hydrogens (tertiary/aromatic N) is 1. The van der Waals surface area contributed by atoms with Crippen molar-refractivity contribution in [1.82, 2.24) is 4.98 Å². The number of amides is 1. The van der Waals surface area contributed by atoms with E-state index in [1.807, 2.05) is 55.6 Å². The number of anilines is 1. The average Bonchev–Trinajstić information content (AvgIpc) is 2.69. The second-order valence-electron chi connectivity index (χ2n) is 5.56. The maximum Gasteiger partial charge on any atom is 0.259 e. The van der Waals surface area contributed by atoms with Crippen molar-refractivity contribution < 1.29 is 9.53 Å². The molecule has 3 rings (SSSR count). The fourth-order valence-electron chi connectivity index (χ4n) is 2.42. The standard InChI is InChI=1S/C21H20N2O2S/c1-2-25-20-8-4-3-7-19(20)21(24)23-17-9-11-18(12-10-17)26-15-16-6-5-13-22-14-16/h3-14H,2,15H2,1H3,(H,23,24). The Labute approximate surface area is 157 Å². The van der Waals surface area contributed by atoms with Gasteiger partial charge in [0.05, 0.1) is 12.2 Å². The van der Waals surface area contributed by atoms with Crippen LogP contribution >= 0.6 is 11.8 Å². The molecule has 2 aromatic carbocycles. The molecule has 4 nitrogen and oxygen atoms in total. The molecule has 0 saturated heterocycles. The van der Waals surface area contributed by atoms with Gasteiger partial charge in [-0.3, -0.25) is 9.78 Å². The van der Waals surface area contributed by atoms with Crippen LogP contribution in [0.25, 0.3) is 0 Å². The lowest BCUT2D eigenvalue weighted by Crippen LogP contribution is -2.13. The van der Waals surface area contributed by atoms with Gasteiger partial charge in [-0.1, -0.05) is 18.2 Å². The van der Waals surface area contributed by atoms with Crippen LogP contribution in [0.4, 0.5) is 5.69 Å². The molecule has 0 aliphatic rings. The van der Waals surface area contributed by atoms with Crippen LogP contribution in [0.5, 0.6) is 5.75 Å². The van der Waals surface area contributed by atoms with Gasteiger partial charge in [0, 0.05) is 28.7 Å². The van der Waals surface area contributed by atoms with E-state index in [0.717, 1.165) is 16.3 Å². The number of carbonyl (C=O) groups is 1. The predicted octanol–water partition coefficient (Wildman–Crippen LogP) is 5.02. The fraction of sp³-hybridized carbons (Fsp3) is 0.143. The van der Waals surface area contributed by atoms with Crippen molar-refractivity contribution in [2.24, 2.45) is 0 Å². The Morgan fingerprint density at radius 2 is 1.88 bits per heavy atom. The zero-order chi connectivity index (χ0) is 18.2. The molecule has 0 aliphatic carbocycles. The van der Waals surface area contributed by atoms with Crippen LogP contribution < -0.4 is 10.1 Å². The van der Waals surface area contributed by atoms with Gasteiger partial charge in [-0.15, -0.1) is 11.8 Å². The lowest BCUT2D eigenvalue weighted by atomic mass is 10.2. The largest absolute Gasteiger partial charge is 0.493 e. The van der Waals surface area contributed by atoms with E-state index < -0.39 is 0 Å². The lowest BCUT2D eigenvalue weighted by Gasteiger charge is -2.11. The first-order valence-corrected chi connectivity index (χ1v) is 9.40. The van der Waals surface area contributed by atoms with E-state index in [2.05, 4.69) is 16.4 Å². The molecule has 5 heteroatoms. The summed E-state index contributed by atoms with van der Waals surface area (Å²) in [5.41, 5.74) is 2.47. The Bertz CT molecular complexity index is 851. The molecule has 1 amide bonds. The molecular weight excluding hydrogens is 344 g/mol. The van der Waals surface area contributed by atoms with Crippen LogP contribution in [-0.4, -0.2) is 17.5 Å². The molecule has 0 fully saturated rings. The molecule has 1 N–H and O–H groups in total. The van der Waals surface area contributed by atoms with Crippen molar-refractivity contribution in [3.63, 3.8) is 0 Å². The Morgan fingerprint density at radius 1 is 1.08 bits per heavy atom. The minimum absolute atomic E-state index is 0.176. The number of hydrogen-bond acceptors (Lipinski definition) is 4. The van der Waals surface area contributed by atoms with Gasteiger partial charge in [0.1, 0.15) is 5.75 Å². The number of benzene rings is 2. The lowest BCUT2D eigenvalue weighted by molar-refractivity contribution is 0.102. The molecule has 0 unspecified atom stereocenters. The first-order valence-electron chi connectivity index (χ1n) is 8.41. The summed E-state index contributed by atoms with van der Waals surface area (Å²) < 4.78 is 5.52. The van der Waals surface area contributed by atoms with Crippen LogP contribution in [0.2, 0.25) is 0 Å². The van der Waals surface area contributed by atoms with Gasteiger partial charge in [-0.25, -0.2) is 0 Å². The van der Waals surface area contributed by atoms with Crippen molar-refractivity contribution in [2.75, 3.05) is 11.9 Å². The third-order valence-electron chi connectivity index (χ3n) is 3.67. The zero-order valence-electron chi connectivity index (χ0n) is 14.5. The van der Waals surface area contributed by atoms with Crippen molar-refractivity contribution in [1.29, 1.82) is 0 Å². The van der Waals surface area contributed by atoms with Crippen LogP contribution in [0.3, 0.4) is 0 Å². The number of thioether (sulfide) groups is 1. The molecule has 0 aliphatic heterocycles. The number of para-hydroxylation sites is 1. The molecule has 0 spiro atoms. The topological polar surface area (TPSA) is 51.2 Å². The second-order valence-corrected chi connectivity index (χ2v) is 6.61. The molecule has 3 aromatic rings. The van der Waals surface area contributed by atoms with E-state index in [-0.39, 0.29) is 5.91 Å². The van der Waals surface area contributed by atoms with Gasteiger partial charge in [0.2, 0.25) is 0 Å². The Morgan fingerprint density at radius 3 is 2.62 bits per heavy atom. The maximum absolute atomic E-state index is 12.5. The fourth-order valence-corrected chi connectivity index (χ4v) is 3.25. The number of nitrogens with one attached hydrogen (secondary N) is 1. The van der Waals surface area contributed by atoms with Crippen molar-refractivity contribution in [3.8, 4) is 5.75 Å². The average molecular weight is 364 g/mol. The van der Waals surface area contributed by atoms with Gasteiger partial charge < -0.3 is 10.1 Å². The molecule has 0 radical (unpaired) electrons. The summed E-state index contributed by atoms with van der Waals surface area (Å²) in [6.45, 7) is 2.42. The molecular formula is C21H20N2O2S. The molecule has 1 heterocycles. The summed E-state index contributed by atoms with van der Waals surface area (Å²) in [6.07, 6.45) is 3.65. The van der Waals surface area contributed by atoms with E-state index in [1.54, 1.807) is 30.1 Å². The summed E-state index contributed by atoms with van der Waals surface area (Å²) in [6, 6.07) is 19.1. The summed E-state index contributed by atoms with van der Waals surface area (Å²) in [5, 5.41) is 2.92. The van der Waals surface area contributed by atoms with Gasteiger partial charge in [0.25, 0.3) is 5.91 Å². The summed E-state index contributed by atoms with van der Waals surface area (Å²) in [7, 11) is 0. The highest BCUT2D eigenvalue weighted by Crippen LogP contribution is 2.25. The van der Waals surface area contributed by atoms with E-state index in [4.69, 9.17) is 4.74 Å². The van der Waals surface area contributed by atoms with E-state index in [1.165, 1.54) is 5.56 Å². The van der Waals surface area contributed by atoms with Gasteiger partial charge in [-0.05, 0) is 55.0 Å². The van der Waals surface area contributed by atoms with Gasteiger partial charge in [0.15, 0.2) is 0 Å². The minimum Gasteiger partial charge on any atom is -0.493 e. The van der Waals surface area contributed by atoms with Crippen molar-refractivity contribution in [2.45, 2.75) is 17.6 Å². The van der Waals surface area contributed by atoms with Crippen molar-refractivity contribution >= 4 is 23.4 Å². The number of carbonyl (C=O) groups excluding carboxylic acids is 1. The summed E-state index contributed by atoms with van der Waals surface area (Å²) in [4.78, 5) is 17.8. The Balaban J connectivity index is 1.61. The summed E-state index contributed by atoms with van der Waals surface area (Å²) >= 11 is 1.73. The van der Waals surface area contributed by atoms with E-state index >= 15 is 0 Å². The SMILES string of the molecule is CCOc1ccccc1C(=O)Nc1ccc(SCc2cccnc2)cc1. The molecule has 1 aromatic heterocycles. The van der Waals surface area contributed by atoms with E-state index in [0.29, 0.717) is 17.9 Å². The smallest absolute Gasteiger partial charge is 0.259 e. The molecule has 0 bridgehead atoms. The first kappa shape index (κ1) is 18.0. The molecule has 132 valence electrons. The van der Waals surface area contributed by atoms with Gasteiger partial charge in [-0.2, -0.15) is 0 Å². The number of rotatable bonds is 7. The summed E-state index contributed by atoms with van der Waals surface area (Å²) in [5.74, 6) is 1.28. The highest BCUT2D eigenvalue weighted by atomic mass is 32.2. The normalized spacial score (nSPS) is 10.3. The number of hydrogen-bond donors (Lipinski definition) is 1. The van der Waals surface area contributed by atoms with Crippen LogP contribution in [0.15, 0.2) is 78.0 Å². The van der Waals surface area contributed by atoms with E-state index in [9.17, 15) is 4.79 Å². The first-order chi connectivity index (χ1) is 12.8. The monoisotopic (exact) mass is 364 g/mol. The van der Waals surface area contributed by atoms with Gasteiger partial charge >= 0.3 is 0 Å². The number of aromatic nitrogens is 1. The predicted molar refractivity (Wildman–Crippen MR) is 106 cm³/mol. The third kappa shape index (κ3) is 4.86. The number of pyridine rings is 1. The number of ether oxygens (including phenoxy) is 1. The second kappa shape index (κ2) is 9.06. The highest BCUT2D eigenvalue weighted by Gasteiger charge is 2.12. The minimum atomic E-state index is -0.176.